The highest BCUT2D eigenvalue weighted by atomic mass is 32.2. The van der Waals surface area contributed by atoms with E-state index in [0.29, 0.717) is 62.8 Å². The maximum Gasteiger partial charge on any atom is 0.200 e. The maximum atomic E-state index is 12.4. The molecule has 0 bridgehead atoms. The Hall–Kier alpha value is -4.70. The van der Waals surface area contributed by atoms with Crippen LogP contribution in [0.25, 0.3) is 22.6 Å². The lowest BCUT2D eigenvalue weighted by Gasteiger charge is -2.27. The summed E-state index contributed by atoms with van der Waals surface area (Å²) in [5.41, 5.74) is 8.42. The molecule has 0 saturated carbocycles. The van der Waals surface area contributed by atoms with Crippen LogP contribution in [0.3, 0.4) is 0 Å². The van der Waals surface area contributed by atoms with E-state index in [-0.39, 0.29) is 16.6 Å². The van der Waals surface area contributed by atoms with E-state index in [1.54, 1.807) is 83.4 Å². The molecular formula is C42H35N3O7S4. The van der Waals surface area contributed by atoms with Crippen LogP contribution < -0.4 is 26.4 Å². The first-order valence-electron chi connectivity index (χ1n) is 18.0. The van der Waals surface area contributed by atoms with Crippen LogP contribution in [0.5, 0.6) is 5.75 Å². The van der Waals surface area contributed by atoms with E-state index in [1.165, 1.54) is 0 Å². The first-order valence-corrected chi connectivity index (χ1v) is 21.3. The zero-order valence-corrected chi connectivity index (χ0v) is 33.2. The van der Waals surface area contributed by atoms with Crippen molar-refractivity contribution in [2.75, 3.05) is 68.1 Å². The standard InChI is InChI=1S/C21H18N2O3S2.C21H17NO4S2/c22-13-4-5-17-19(10-13)27-18-3-1-2-15(21(18)28-17)16-11-14(24)12-20(26-16)23-6-8-25-9-7-23;23-13-4-5-17-19(11-13)27-18-3-1-2-15(21(18)28-17)16-10-14(24)12-20(26-16)22-6-8-25-9-7-22/h1-5,10-12H,6-9,22H2;1-5,10-12,23H,6-9H2. The third-order valence-corrected chi connectivity index (χ3v) is 14.6. The van der Waals surface area contributed by atoms with Gasteiger partial charge in [-0.1, -0.05) is 71.3 Å². The number of aromatic hydroxyl groups is 1. The number of rotatable bonds is 4. The molecule has 0 unspecified atom stereocenters. The Morgan fingerprint density at radius 2 is 1.00 bits per heavy atom. The van der Waals surface area contributed by atoms with Crippen molar-refractivity contribution in [3.05, 3.63) is 118 Å². The molecular weight excluding hydrogens is 787 g/mol. The lowest BCUT2D eigenvalue weighted by molar-refractivity contribution is 0.120. The fraction of sp³-hybridized carbons (Fsp3) is 0.190. The predicted molar refractivity (Wildman–Crippen MR) is 222 cm³/mol. The van der Waals surface area contributed by atoms with Crippen LogP contribution in [0.2, 0.25) is 0 Å². The lowest BCUT2D eigenvalue weighted by atomic mass is 10.1. The molecule has 6 heterocycles. The van der Waals surface area contributed by atoms with Gasteiger partial charge in [-0.15, -0.1) is 0 Å². The fourth-order valence-electron chi connectivity index (χ4n) is 6.67. The molecule has 10 rings (SSSR count). The summed E-state index contributed by atoms with van der Waals surface area (Å²) in [6.45, 7) is 5.40. The van der Waals surface area contributed by atoms with Gasteiger partial charge in [-0.25, -0.2) is 0 Å². The molecule has 0 radical (unpaired) electrons. The monoisotopic (exact) mass is 821 g/mol. The van der Waals surface area contributed by atoms with Gasteiger partial charge >= 0.3 is 0 Å². The number of morpholine rings is 2. The number of fused-ring (bicyclic) bond motifs is 4. The van der Waals surface area contributed by atoms with Crippen molar-refractivity contribution in [3.8, 4) is 28.4 Å². The smallest absolute Gasteiger partial charge is 0.200 e. The topological polar surface area (TPSA) is 132 Å². The van der Waals surface area contributed by atoms with Gasteiger partial charge in [0.1, 0.15) is 17.3 Å². The van der Waals surface area contributed by atoms with Crippen molar-refractivity contribution in [1.82, 2.24) is 0 Å². The Labute approximate surface area is 339 Å². The molecule has 6 aromatic rings. The maximum absolute atomic E-state index is 12.4. The molecule has 4 aliphatic rings. The number of nitrogen functional groups attached to an aromatic ring is 1. The summed E-state index contributed by atoms with van der Waals surface area (Å²) in [6, 6.07) is 29.7. The second-order valence-corrected chi connectivity index (χ2v) is 17.5. The number of anilines is 3. The summed E-state index contributed by atoms with van der Waals surface area (Å²) in [4.78, 5) is 37.7. The fourth-order valence-corrected chi connectivity index (χ4v) is 11.5. The van der Waals surface area contributed by atoms with E-state index in [1.807, 2.05) is 59.5 Å². The Morgan fingerprint density at radius 1 is 0.518 bits per heavy atom. The van der Waals surface area contributed by atoms with Crippen LogP contribution in [0.4, 0.5) is 17.5 Å². The van der Waals surface area contributed by atoms with E-state index in [2.05, 4.69) is 11.0 Å². The zero-order valence-electron chi connectivity index (χ0n) is 29.9. The van der Waals surface area contributed by atoms with Gasteiger partial charge in [0, 0.05) is 106 Å². The SMILES string of the molecule is Nc1ccc2c(c1)Sc1cccc(-c3cc(=O)cc(N4CCOCC4)o3)c1S2.O=c1cc(-c2cccc3c2Sc2ccc(O)cc2S3)oc(N2CCOCC2)c1. The van der Waals surface area contributed by atoms with Crippen LogP contribution in [-0.4, -0.2) is 57.7 Å². The molecule has 56 heavy (non-hydrogen) atoms. The molecule has 0 amide bonds. The minimum atomic E-state index is -0.0703. The molecule has 2 aromatic heterocycles. The van der Waals surface area contributed by atoms with Crippen LogP contribution in [0, 0.1) is 0 Å². The van der Waals surface area contributed by atoms with E-state index >= 15 is 0 Å². The van der Waals surface area contributed by atoms with Crippen molar-refractivity contribution < 1.29 is 23.4 Å². The quantitative estimate of drug-likeness (QED) is 0.164. The molecule has 2 saturated heterocycles. The summed E-state index contributed by atoms with van der Waals surface area (Å²) >= 11 is 6.63. The second kappa shape index (κ2) is 16.0. The summed E-state index contributed by atoms with van der Waals surface area (Å²) in [7, 11) is 0. The minimum Gasteiger partial charge on any atom is -0.508 e. The summed E-state index contributed by atoms with van der Waals surface area (Å²) in [5.74, 6) is 2.61. The van der Waals surface area contributed by atoms with Gasteiger partial charge in [0.05, 0.1) is 26.4 Å². The molecule has 2 fully saturated rings. The molecule has 284 valence electrons. The Kier molecular flexibility index (Phi) is 10.6. The number of nitrogens with zero attached hydrogens (tertiary/aromatic N) is 2. The first-order chi connectivity index (χ1) is 27.3. The third-order valence-electron chi connectivity index (χ3n) is 9.40. The number of ether oxygens (including phenoxy) is 2. The van der Waals surface area contributed by atoms with Gasteiger partial charge < -0.3 is 38.9 Å². The van der Waals surface area contributed by atoms with Crippen molar-refractivity contribution in [2.45, 2.75) is 39.2 Å². The average Bonchev–Trinajstić information content (AvgIpc) is 3.22. The normalized spacial score (nSPS) is 15.8. The summed E-state index contributed by atoms with van der Waals surface area (Å²) in [6.07, 6.45) is 0. The molecule has 0 atom stereocenters. The molecule has 14 heteroatoms. The lowest BCUT2D eigenvalue weighted by Crippen LogP contribution is -2.36. The number of phenols is 1. The van der Waals surface area contributed by atoms with Gasteiger partial charge in [0.15, 0.2) is 22.6 Å². The highest BCUT2D eigenvalue weighted by Crippen LogP contribution is 2.53. The van der Waals surface area contributed by atoms with E-state index < -0.39 is 0 Å². The highest BCUT2D eigenvalue weighted by Gasteiger charge is 2.25. The van der Waals surface area contributed by atoms with E-state index in [0.717, 1.165) is 69.1 Å². The van der Waals surface area contributed by atoms with Crippen molar-refractivity contribution >= 4 is 64.5 Å². The number of hydrogen-bond acceptors (Lipinski definition) is 14. The molecule has 3 N–H and O–H groups in total. The number of nitrogens with two attached hydrogens (primary N) is 1. The average molecular weight is 822 g/mol. The van der Waals surface area contributed by atoms with Crippen LogP contribution in [0.15, 0.2) is 155 Å². The number of hydrogen-bond donors (Lipinski definition) is 2. The van der Waals surface area contributed by atoms with Gasteiger partial charge in [-0.05, 0) is 48.5 Å². The van der Waals surface area contributed by atoms with E-state index in [9.17, 15) is 14.7 Å². The number of phenolic OH excluding ortho intramolecular Hbond substituents is 1. The molecule has 4 aromatic carbocycles. The third kappa shape index (κ3) is 7.82. The van der Waals surface area contributed by atoms with Gasteiger partial charge in [-0.2, -0.15) is 0 Å². The highest BCUT2D eigenvalue weighted by molar-refractivity contribution is 8.05. The van der Waals surface area contributed by atoms with Gasteiger partial charge in [-0.3, -0.25) is 9.59 Å². The van der Waals surface area contributed by atoms with Gasteiger partial charge in [0.2, 0.25) is 0 Å². The van der Waals surface area contributed by atoms with Gasteiger partial charge in [0.25, 0.3) is 0 Å². The summed E-state index contributed by atoms with van der Waals surface area (Å²) < 4.78 is 23.2. The number of benzene rings is 4. The predicted octanol–water partition coefficient (Wildman–Crippen LogP) is 8.81. The Balaban J connectivity index is 0.000000146. The summed E-state index contributed by atoms with van der Waals surface area (Å²) in [5, 5.41) is 9.77. The van der Waals surface area contributed by atoms with Crippen LogP contribution >= 0.6 is 47.0 Å². The van der Waals surface area contributed by atoms with E-state index in [4.69, 9.17) is 24.0 Å². The van der Waals surface area contributed by atoms with Crippen molar-refractivity contribution in [1.29, 1.82) is 0 Å². The molecule has 4 aliphatic heterocycles. The molecule has 0 aliphatic carbocycles. The Bertz CT molecular complexity index is 2390. The van der Waals surface area contributed by atoms with Crippen LogP contribution in [0.1, 0.15) is 0 Å². The first kappa shape index (κ1) is 36.9. The van der Waals surface area contributed by atoms with Crippen molar-refractivity contribution in [3.63, 3.8) is 0 Å². The molecule has 0 spiro atoms. The minimum absolute atomic E-state index is 0.0537. The zero-order chi connectivity index (χ0) is 38.2. The van der Waals surface area contributed by atoms with Crippen molar-refractivity contribution in [2.24, 2.45) is 0 Å². The molecule has 10 nitrogen and oxygen atoms in total. The largest absolute Gasteiger partial charge is 0.508 e. The second-order valence-electron chi connectivity index (χ2n) is 13.2. The van der Waals surface area contributed by atoms with Crippen LogP contribution in [-0.2, 0) is 9.47 Å². The Morgan fingerprint density at radius 3 is 1.52 bits per heavy atom.